The predicted molar refractivity (Wildman–Crippen MR) is 114 cm³/mol. The molecule has 0 radical (unpaired) electrons. The van der Waals surface area contributed by atoms with Gasteiger partial charge in [0.2, 0.25) is 18.6 Å². The molecule has 2 aromatic heterocycles. The molecule has 31 heavy (non-hydrogen) atoms. The Morgan fingerprint density at radius 3 is 2.90 bits per heavy atom. The molecule has 0 bridgehead atoms. The maximum absolute atomic E-state index is 12.3. The average Bonchev–Trinajstić information content (AvgIpc) is 3.49. The summed E-state index contributed by atoms with van der Waals surface area (Å²) in [5.41, 5.74) is 1.72. The van der Waals surface area contributed by atoms with Crippen molar-refractivity contribution < 1.29 is 19.0 Å². The van der Waals surface area contributed by atoms with Crippen LogP contribution in [0.15, 0.2) is 29.6 Å². The van der Waals surface area contributed by atoms with Crippen LogP contribution in [0.4, 0.5) is 0 Å². The fourth-order valence-electron chi connectivity index (χ4n) is 3.07. The molecule has 3 aromatic rings. The Morgan fingerprint density at radius 1 is 1.26 bits per heavy atom. The zero-order valence-corrected chi connectivity index (χ0v) is 18.4. The number of aryl methyl sites for hydroxylation is 1. The minimum Gasteiger partial charge on any atom is -0.476 e. The molecule has 0 saturated heterocycles. The molecule has 1 aromatic carbocycles. The van der Waals surface area contributed by atoms with Gasteiger partial charge in [-0.05, 0) is 31.5 Å². The number of carbonyl (C=O) groups excluding carboxylic acids is 1. The minimum absolute atomic E-state index is 0.0963. The Balaban J connectivity index is 1.36. The number of fused-ring (bicyclic) bond motifs is 1. The molecule has 1 amide bonds. The highest BCUT2D eigenvalue weighted by Crippen LogP contribution is 2.32. The summed E-state index contributed by atoms with van der Waals surface area (Å²) in [5, 5.41) is 16.5. The molecule has 1 N–H and O–H groups in total. The number of nitrogens with one attached hydrogen (secondary N) is 1. The first-order chi connectivity index (χ1) is 15.1. The molecule has 4 rings (SSSR count). The summed E-state index contributed by atoms with van der Waals surface area (Å²) >= 11 is 1.32. The van der Waals surface area contributed by atoms with Crippen LogP contribution in [0, 0.1) is 0 Å². The van der Waals surface area contributed by atoms with E-state index < -0.39 is 0 Å². The Hall–Kier alpha value is -3.21. The number of hydrogen-bond acceptors (Lipinski definition) is 8. The number of aromatic nitrogens is 5. The van der Waals surface area contributed by atoms with E-state index in [1.807, 2.05) is 49.9 Å². The third kappa shape index (κ3) is 4.61. The first-order valence-corrected chi connectivity index (χ1v) is 11.0. The van der Waals surface area contributed by atoms with Gasteiger partial charge in [0.1, 0.15) is 5.56 Å². The molecule has 164 valence electrons. The third-order valence-electron chi connectivity index (χ3n) is 4.67. The summed E-state index contributed by atoms with van der Waals surface area (Å²) in [5.74, 6) is 2.72. The van der Waals surface area contributed by atoms with E-state index in [9.17, 15) is 4.79 Å². The fraction of sp³-hybridized carbons (Fsp3) is 0.400. The zero-order valence-electron chi connectivity index (χ0n) is 17.6. The molecule has 1 aliphatic heterocycles. The molecule has 1 aliphatic rings. The largest absolute Gasteiger partial charge is 0.476 e. The van der Waals surface area contributed by atoms with Gasteiger partial charge in [0.15, 0.2) is 22.5 Å². The van der Waals surface area contributed by atoms with Crippen molar-refractivity contribution in [3.8, 4) is 28.8 Å². The molecule has 0 fully saturated rings. The van der Waals surface area contributed by atoms with E-state index in [0.717, 1.165) is 23.4 Å². The Bertz CT molecular complexity index is 1080. The second kappa shape index (κ2) is 9.29. The van der Waals surface area contributed by atoms with Gasteiger partial charge in [-0.2, -0.15) is 0 Å². The minimum atomic E-state index is -0.0963. The van der Waals surface area contributed by atoms with Crippen LogP contribution in [-0.4, -0.2) is 49.6 Å². The van der Waals surface area contributed by atoms with Gasteiger partial charge < -0.3 is 24.1 Å². The first kappa shape index (κ1) is 21.0. The van der Waals surface area contributed by atoms with Gasteiger partial charge in [0.05, 0.1) is 12.4 Å². The standard InChI is InChI=1S/C20H24N6O4S/c1-4-26-10-14(19(24-26)28-5-2)18-22-23-20(25(18)3)31-11-17(27)21-9-13-6-7-15-16(8-13)30-12-29-15/h6-8,10H,4-5,9,11-12H2,1-3H3,(H,21,27). The summed E-state index contributed by atoms with van der Waals surface area (Å²) in [6.07, 6.45) is 1.89. The lowest BCUT2D eigenvalue weighted by atomic mass is 10.2. The number of amides is 1. The van der Waals surface area contributed by atoms with Crippen molar-refractivity contribution >= 4 is 17.7 Å². The molecule has 11 heteroatoms. The summed E-state index contributed by atoms with van der Waals surface area (Å²) in [4.78, 5) is 12.3. The Labute approximate surface area is 183 Å². The normalized spacial score (nSPS) is 12.2. The van der Waals surface area contributed by atoms with E-state index in [4.69, 9.17) is 14.2 Å². The zero-order chi connectivity index (χ0) is 21.8. The first-order valence-electron chi connectivity index (χ1n) is 9.97. The molecule has 0 aliphatic carbocycles. The van der Waals surface area contributed by atoms with Gasteiger partial charge in [-0.15, -0.1) is 15.3 Å². The lowest BCUT2D eigenvalue weighted by molar-refractivity contribution is -0.118. The molecular formula is C20H24N6O4S. The van der Waals surface area contributed by atoms with Crippen LogP contribution >= 0.6 is 11.8 Å². The molecule has 3 heterocycles. The molecular weight excluding hydrogens is 420 g/mol. The van der Waals surface area contributed by atoms with Gasteiger partial charge in [0.25, 0.3) is 0 Å². The monoisotopic (exact) mass is 444 g/mol. The molecule has 0 spiro atoms. The number of benzene rings is 1. The Kier molecular flexibility index (Phi) is 6.31. The average molecular weight is 445 g/mol. The quantitative estimate of drug-likeness (QED) is 0.501. The predicted octanol–water partition coefficient (Wildman–Crippen LogP) is 2.23. The van der Waals surface area contributed by atoms with Gasteiger partial charge in [-0.1, -0.05) is 17.8 Å². The van der Waals surface area contributed by atoms with Crippen LogP contribution in [0.25, 0.3) is 11.4 Å². The lowest BCUT2D eigenvalue weighted by Crippen LogP contribution is -2.24. The Morgan fingerprint density at radius 2 is 2.10 bits per heavy atom. The van der Waals surface area contributed by atoms with Crippen LogP contribution in [0.3, 0.4) is 0 Å². The molecule has 0 atom stereocenters. The van der Waals surface area contributed by atoms with Gasteiger partial charge in [-0.3, -0.25) is 9.48 Å². The topological polar surface area (TPSA) is 105 Å². The van der Waals surface area contributed by atoms with Gasteiger partial charge >= 0.3 is 0 Å². The van der Waals surface area contributed by atoms with Crippen molar-refractivity contribution in [1.29, 1.82) is 0 Å². The van der Waals surface area contributed by atoms with Crippen LogP contribution < -0.4 is 19.5 Å². The smallest absolute Gasteiger partial charge is 0.243 e. The van der Waals surface area contributed by atoms with E-state index in [2.05, 4.69) is 20.6 Å². The number of thioether (sulfide) groups is 1. The number of rotatable bonds is 9. The molecule has 10 nitrogen and oxygen atoms in total. The van der Waals surface area contributed by atoms with E-state index >= 15 is 0 Å². The SMILES string of the molecule is CCOc1nn(CC)cc1-c1nnc(SCC(=O)NCc2ccc3c(c2)OCO3)n1C. The van der Waals surface area contributed by atoms with E-state index in [-0.39, 0.29) is 18.5 Å². The summed E-state index contributed by atoms with van der Waals surface area (Å²) in [6, 6.07) is 5.62. The molecule has 0 unspecified atom stereocenters. The number of ether oxygens (including phenoxy) is 3. The fourth-order valence-corrected chi connectivity index (χ4v) is 3.81. The summed E-state index contributed by atoms with van der Waals surface area (Å²) in [7, 11) is 1.86. The van der Waals surface area contributed by atoms with Crippen LogP contribution in [0.5, 0.6) is 17.4 Å². The van der Waals surface area contributed by atoms with Crippen molar-refractivity contribution in [2.45, 2.75) is 32.1 Å². The van der Waals surface area contributed by atoms with Crippen molar-refractivity contribution in [3.63, 3.8) is 0 Å². The van der Waals surface area contributed by atoms with Gasteiger partial charge in [0, 0.05) is 26.3 Å². The number of hydrogen-bond donors (Lipinski definition) is 1. The van der Waals surface area contributed by atoms with E-state index in [1.165, 1.54) is 11.8 Å². The summed E-state index contributed by atoms with van der Waals surface area (Å²) in [6.45, 7) is 5.79. The highest BCUT2D eigenvalue weighted by molar-refractivity contribution is 7.99. The number of carbonyl (C=O) groups is 1. The van der Waals surface area contributed by atoms with Gasteiger partial charge in [-0.25, -0.2) is 0 Å². The lowest BCUT2D eigenvalue weighted by Gasteiger charge is -2.07. The van der Waals surface area contributed by atoms with Crippen LogP contribution in [0.1, 0.15) is 19.4 Å². The highest BCUT2D eigenvalue weighted by Gasteiger charge is 2.20. The second-order valence-electron chi connectivity index (χ2n) is 6.75. The van der Waals surface area contributed by atoms with E-state index in [1.54, 1.807) is 4.68 Å². The van der Waals surface area contributed by atoms with Crippen molar-refractivity contribution in [2.75, 3.05) is 19.2 Å². The van der Waals surface area contributed by atoms with Crippen LogP contribution in [-0.2, 0) is 24.9 Å². The van der Waals surface area contributed by atoms with Crippen molar-refractivity contribution in [2.24, 2.45) is 7.05 Å². The molecule has 0 saturated carbocycles. The van der Waals surface area contributed by atoms with Crippen LogP contribution in [0.2, 0.25) is 0 Å². The maximum atomic E-state index is 12.3. The summed E-state index contributed by atoms with van der Waals surface area (Å²) < 4.78 is 19.9. The second-order valence-corrected chi connectivity index (χ2v) is 7.70. The van der Waals surface area contributed by atoms with Crippen molar-refractivity contribution in [1.82, 2.24) is 29.9 Å². The third-order valence-corrected chi connectivity index (χ3v) is 5.69. The van der Waals surface area contributed by atoms with E-state index in [0.29, 0.717) is 35.8 Å². The van der Waals surface area contributed by atoms with Crippen molar-refractivity contribution in [3.05, 3.63) is 30.0 Å². The maximum Gasteiger partial charge on any atom is 0.243 e. The number of nitrogens with zero attached hydrogens (tertiary/aromatic N) is 5. The highest BCUT2D eigenvalue weighted by atomic mass is 32.2.